The Morgan fingerprint density at radius 1 is 1.33 bits per heavy atom. The van der Waals surface area contributed by atoms with Gasteiger partial charge in [-0.2, -0.15) is 0 Å². The van der Waals surface area contributed by atoms with Gasteiger partial charge < -0.3 is 9.88 Å². The fraction of sp³-hybridized carbons (Fsp3) is 0.462. The van der Waals surface area contributed by atoms with E-state index >= 15 is 0 Å². The van der Waals surface area contributed by atoms with Crippen LogP contribution in [0.1, 0.15) is 24.5 Å². The van der Waals surface area contributed by atoms with Crippen LogP contribution in [0.2, 0.25) is 0 Å². The van der Waals surface area contributed by atoms with E-state index in [0.717, 1.165) is 4.88 Å². The van der Waals surface area contributed by atoms with E-state index in [4.69, 9.17) is 0 Å². The van der Waals surface area contributed by atoms with Gasteiger partial charge in [-0.05, 0) is 12.1 Å². The first-order valence-electron chi connectivity index (χ1n) is 6.66. The molecule has 0 amide bonds. The number of nitrogens with zero attached hydrogens (tertiary/aromatic N) is 2. The highest BCUT2D eigenvalue weighted by Gasteiger charge is 2.17. The van der Waals surface area contributed by atoms with Crippen LogP contribution < -0.4 is 10.0 Å². The van der Waals surface area contributed by atoms with Crippen molar-refractivity contribution in [3.63, 3.8) is 0 Å². The van der Waals surface area contributed by atoms with Crippen LogP contribution in [0.4, 0.5) is 0 Å². The molecule has 21 heavy (non-hydrogen) atoms. The number of nitrogens with one attached hydrogen (secondary N) is 2. The van der Waals surface area contributed by atoms with Crippen molar-refractivity contribution in [3.05, 3.63) is 35.2 Å². The summed E-state index contributed by atoms with van der Waals surface area (Å²) in [5, 5.41) is 3.27. The third-order valence-corrected chi connectivity index (χ3v) is 5.91. The second-order valence-corrected chi connectivity index (χ2v) is 8.20. The molecular weight excluding hydrogens is 308 g/mol. The summed E-state index contributed by atoms with van der Waals surface area (Å²) >= 11 is 1.28. The quantitative estimate of drug-likeness (QED) is 0.807. The number of aryl methyl sites for hydroxylation is 1. The first kappa shape index (κ1) is 16.2. The molecule has 2 N–H and O–H groups in total. The number of sulfonamides is 1. The van der Waals surface area contributed by atoms with E-state index < -0.39 is 10.0 Å². The molecular formula is C13H20N4O2S2. The number of imidazole rings is 1. The Labute approximate surface area is 129 Å². The number of hydrogen-bond acceptors (Lipinski definition) is 5. The minimum Gasteiger partial charge on any atom is -0.337 e. The van der Waals surface area contributed by atoms with Gasteiger partial charge in [0.15, 0.2) is 0 Å². The maximum absolute atomic E-state index is 12.2. The molecule has 0 saturated heterocycles. The molecule has 0 fully saturated rings. The lowest BCUT2D eigenvalue weighted by atomic mass is 10.4. The van der Waals surface area contributed by atoms with Crippen molar-refractivity contribution in [2.24, 2.45) is 7.05 Å². The minimum absolute atomic E-state index is 0.184. The Balaban J connectivity index is 2.01. The zero-order valence-corrected chi connectivity index (χ0v) is 14.0. The monoisotopic (exact) mass is 328 g/mol. The van der Waals surface area contributed by atoms with Crippen LogP contribution in [0.5, 0.6) is 0 Å². The molecule has 0 atom stereocenters. The fourth-order valence-corrected chi connectivity index (χ4v) is 4.03. The highest BCUT2D eigenvalue weighted by atomic mass is 32.2. The third-order valence-electron chi connectivity index (χ3n) is 2.93. The lowest BCUT2D eigenvalue weighted by Crippen LogP contribution is -2.24. The summed E-state index contributed by atoms with van der Waals surface area (Å²) in [4.78, 5) is 5.10. The molecule has 2 rings (SSSR count). The van der Waals surface area contributed by atoms with Crippen LogP contribution in [0.25, 0.3) is 0 Å². The number of thiophene rings is 1. The smallest absolute Gasteiger partial charge is 0.250 e. The van der Waals surface area contributed by atoms with Crippen molar-refractivity contribution < 1.29 is 8.42 Å². The van der Waals surface area contributed by atoms with Crippen molar-refractivity contribution in [2.45, 2.75) is 37.2 Å². The molecule has 0 aliphatic carbocycles. The van der Waals surface area contributed by atoms with E-state index in [9.17, 15) is 8.42 Å². The third kappa shape index (κ3) is 4.37. The van der Waals surface area contributed by atoms with Gasteiger partial charge in [-0.15, -0.1) is 11.3 Å². The molecule has 2 aromatic heterocycles. The Bertz CT molecular complexity index is 689. The summed E-state index contributed by atoms with van der Waals surface area (Å²) in [5.41, 5.74) is 0. The highest BCUT2D eigenvalue weighted by Crippen LogP contribution is 2.21. The van der Waals surface area contributed by atoms with E-state index in [1.165, 1.54) is 11.3 Å². The van der Waals surface area contributed by atoms with Crippen LogP contribution in [0.3, 0.4) is 0 Å². The highest BCUT2D eigenvalue weighted by molar-refractivity contribution is 7.91. The molecule has 2 aromatic rings. The molecule has 6 nitrogen and oxygen atoms in total. The van der Waals surface area contributed by atoms with Gasteiger partial charge >= 0.3 is 0 Å². The molecule has 2 heterocycles. The van der Waals surface area contributed by atoms with Gasteiger partial charge in [0.1, 0.15) is 10.0 Å². The Morgan fingerprint density at radius 3 is 2.71 bits per heavy atom. The van der Waals surface area contributed by atoms with Crippen LogP contribution in [0.15, 0.2) is 28.7 Å². The summed E-state index contributed by atoms with van der Waals surface area (Å²) in [5.74, 6) is 0.678. The summed E-state index contributed by atoms with van der Waals surface area (Å²) < 4.78 is 29.2. The summed E-state index contributed by atoms with van der Waals surface area (Å²) in [6, 6.07) is 3.85. The van der Waals surface area contributed by atoms with Crippen molar-refractivity contribution in [3.8, 4) is 0 Å². The van der Waals surface area contributed by atoms with Gasteiger partial charge in [0, 0.05) is 36.9 Å². The van der Waals surface area contributed by atoms with Crippen molar-refractivity contribution in [2.75, 3.05) is 0 Å². The van der Waals surface area contributed by atoms with Gasteiger partial charge in [-0.3, -0.25) is 0 Å². The lowest BCUT2D eigenvalue weighted by Gasteiger charge is -2.06. The second kappa shape index (κ2) is 6.69. The van der Waals surface area contributed by atoms with Crippen molar-refractivity contribution in [1.29, 1.82) is 0 Å². The SMILES string of the molecule is CC(C)NCc1ccc(S(=O)(=O)NCc2nccn2C)s1. The maximum Gasteiger partial charge on any atom is 0.250 e. The standard InChI is InChI=1S/C13H20N4O2S2/c1-10(2)15-8-11-4-5-13(20-11)21(18,19)16-9-12-14-6-7-17(12)3/h4-7,10,15-16H,8-9H2,1-3H3. The Kier molecular flexibility index (Phi) is 5.15. The first-order chi connectivity index (χ1) is 9.88. The molecule has 0 radical (unpaired) electrons. The van der Waals surface area contributed by atoms with E-state index in [2.05, 4.69) is 28.9 Å². The molecule has 0 bridgehead atoms. The molecule has 0 saturated carbocycles. The van der Waals surface area contributed by atoms with Gasteiger partial charge in [0.05, 0.1) is 6.54 Å². The average molecular weight is 328 g/mol. The normalized spacial score (nSPS) is 12.2. The van der Waals surface area contributed by atoms with Crippen molar-refractivity contribution in [1.82, 2.24) is 19.6 Å². The molecule has 0 aliphatic heterocycles. The predicted molar refractivity (Wildman–Crippen MR) is 83.5 cm³/mol. The zero-order chi connectivity index (χ0) is 15.5. The number of hydrogen-bond donors (Lipinski definition) is 2. The first-order valence-corrected chi connectivity index (χ1v) is 8.96. The predicted octanol–water partition coefficient (Wildman–Crippen LogP) is 1.46. The molecule has 0 aliphatic rings. The Morgan fingerprint density at radius 2 is 2.10 bits per heavy atom. The average Bonchev–Trinajstić information content (AvgIpc) is 3.03. The molecule has 0 unspecified atom stereocenters. The second-order valence-electron chi connectivity index (χ2n) is 5.04. The van der Waals surface area contributed by atoms with Crippen molar-refractivity contribution >= 4 is 21.4 Å². The van der Waals surface area contributed by atoms with Crippen LogP contribution in [-0.2, 0) is 30.2 Å². The summed E-state index contributed by atoms with van der Waals surface area (Å²) in [7, 11) is -1.65. The van der Waals surface area contributed by atoms with Gasteiger partial charge in [0.2, 0.25) is 10.0 Å². The maximum atomic E-state index is 12.2. The van der Waals surface area contributed by atoms with Gasteiger partial charge in [-0.1, -0.05) is 13.8 Å². The molecule has 0 aromatic carbocycles. The molecule has 116 valence electrons. The minimum atomic E-state index is -3.48. The van der Waals surface area contributed by atoms with E-state index in [-0.39, 0.29) is 6.54 Å². The summed E-state index contributed by atoms with van der Waals surface area (Å²) in [6.07, 6.45) is 3.43. The Hall–Kier alpha value is -1.22. The molecule has 0 spiro atoms. The van der Waals surface area contributed by atoms with Crippen LogP contribution in [-0.4, -0.2) is 24.0 Å². The van der Waals surface area contributed by atoms with E-state index in [0.29, 0.717) is 22.6 Å². The zero-order valence-electron chi connectivity index (χ0n) is 12.3. The van der Waals surface area contributed by atoms with Crippen LogP contribution >= 0.6 is 11.3 Å². The lowest BCUT2D eigenvalue weighted by molar-refractivity contribution is 0.579. The molecule has 8 heteroatoms. The van der Waals surface area contributed by atoms with Gasteiger partial charge in [0.25, 0.3) is 0 Å². The topological polar surface area (TPSA) is 76.0 Å². The van der Waals surface area contributed by atoms with Crippen LogP contribution in [0, 0.1) is 0 Å². The fourth-order valence-electron chi connectivity index (χ4n) is 1.70. The van der Waals surface area contributed by atoms with E-state index in [1.807, 2.05) is 13.1 Å². The number of aromatic nitrogens is 2. The number of rotatable bonds is 7. The van der Waals surface area contributed by atoms with Gasteiger partial charge in [-0.25, -0.2) is 18.1 Å². The largest absolute Gasteiger partial charge is 0.337 e. The van der Waals surface area contributed by atoms with E-state index in [1.54, 1.807) is 23.0 Å². The summed E-state index contributed by atoms with van der Waals surface area (Å²) in [6.45, 7) is 4.97.